The van der Waals surface area contributed by atoms with Crippen LogP contribution < -0.4 is 5.32 Å². The Kier molecular flexibility index (Phi) is 4.41. The van der Waals surface area contributed by atoms with Gasteiger partial charge in [-0.2, -0.15) is 0 Å². The van der Waals surface area contributed by atoms with E-state index in [2.05, 4.69) is 55.5 Å². The molecule has 0 spiro atoms. The van der Waals surface area contributed by atoms with E-state index in [1.165, 1.54) is 49.9 Å². The largest absolute Gasteiger partial charge is 0.313 e. The minimum Gasteiger partial charge on any atom is -0.313 e. The Balaban J connectivity index is 1.98. The molecule has 2 heteroatoms. The van der Waals surface area contributed by atoms with Crippen molar-refractivity contribution in [1.82, 2.24) is 10.2 Å². The molecule has 0 saturated carbocycles. The van der Waals surface area contributed by atoms with E-state index < -0.39 is 0 Å². The van der Waals surface area contributed by atoms with Gasteiger partial charge in [0.05, 0.1) is 0 Å². The second kappa shape index (κ2) is 5.85. The topological polar surface area (TPSA) is 15.3 Å². The van der Waals surface area contributed by atoms with E-state index in [1.807, 2.05) is 0 Å². The number of aryl methyl sites for hydroxylation is 2. The maximum atomic E-state index is 3.59. The van der Waals surface area contributed by atoms with Crippen molar-refractivity contribution in [1.29, 1.82) is 0 Å². The van der Waals surface area contributed by atoms with Gasteiger partial charge in [-0.1, -0.05) is 29.8 Å². The van der Waals surface area contributed by atoms with Crippen molar-refractivity contribution in [3.63, 3.8) is 0 Å². The quantitative estimate of drug-likeness (QED) is 0.878. The molecule has 1 aromatic carbocycles. The van der Waals surface area contributed by atoms with Crippen molar-refractivity contribution < 1.29 is 0 Å². The van der Waals surface area contributed by atoms with E-state index in [0.717, 1.165) is 0 Å². The van der Waals surface area contributed by atoms with Crippen molar-refractivity contribution in [2.75, 3.05) is 27.2 Å². The maximum Gasteiger partial charge on any atom is 0.0309 e. The summed E-state index contributed by atoms with van der Waals surface area (Å²) in [7, 11) is 4.35. The molecule has 0 bridgehead atoms. The molecule has 1 aromatic rings. The predicted octanol–water partition coefficient (Wildman–Crippen LogP) is 2.61. The van der Waals surface area contributed by atoms with Crippen LogP contribution in [0.4, 0.5) is 0 Å². The number of hydrogen-bond donors (Lipinski definition) is 1. The molecule has 1 aliphatic heterocycles. The predicted molar refractivity (Wildman–Crippen MR) is 78.0 cm³/mol. The number of hydrogen-bond acceptors (Lipinski definition) is 2. The molecule has 100 valence electrons. The summed E-state index contributed by atoms with van der Waals surface area (Å²) in [6, 6.07) is 8.91. The number of rotatable bonds is 4. The summed E-state index contributed by atoms with van der Waals surface area (Å²) in [6.45, 7) is 4.59. The average molecular weight is 246 g/mol. The van der Waals surface area contributed by atoms with E-state index >= 15 is 0 Å². The van der Waals surface area contributed by atoms with Gasteiger partial charge in [-0.05, 0) is 58.8 Å². The third-order valence-electron chi connectivity index (χ3n) is 4.27. The Bertz CT molecular complexity index is 388. The van der Waals surface area contributed by atoms with Crippen LogP contribution in [0, 0.1) is 6.92 Å². The molecule has 1 unspecified atom stereocenters. The molecule has 2 rings (SSSR count). The summed E-state index contributed by atoms with van der Waals surface area (Å²) < 4.78 is 0. The molecule has 0 aromatic heterocycles. The lowest BCUT2D eigenvalue weighted by atomic mass is 9.84. The number of piperidine rings is 1. The smallest absolute Gasteiger partial charge is 0.0309 e. The summed E-state index contributed by atoms with van der Waals surface area (Å²) >= 11 is 0. The summed E-state index contributed by atoms with van der Waals surface area (Å²) in [6.07, 6.45) is 5.03. The summed E-state index contributed by atoms with van der Waals surface area (Å²) in [5.41, 5.74) is 3.15. The number of likely N-dealkylation sites (N-methyl/N-ethyl adjacent to an activating group) is 2. The second-order valence-electron chi connectivity index (χ2n) is 5.86. The lowest BCUT2D eigenvalue weighted by molar-refractivity contribution is 0.143. The van der Waals surface area contributed by atoms with Gasteiger partial charge in [-0.25, -0.2) is 0 Å². The van der Waals surface area contributed by atoms with Crippen LogP contribution in [0.15, 0.2) is 24.3 Å². The lowest BCUT2D eigenvalue weighted by Gasteiger charge is -2.41. The van der Waals surface area contributed by atoms with Gasteiger partial charge < -0.3 is 10.2 Å². The standard InChI is InChI=1S/C16H26N2/c1-14-6-4-7-15(12-14)8-10-16(17-2)9-5-11-18(3)13-16/h4,6-7,12,17H,5,8-11,13H2,1-3H3. The van der Waals surface area contributed by atoms with Crippen LogP contribution in [0.1, 0.15) is 30.4 Å². The second-order valence-corrected chi connectivity index (χ2v) is 5.86. The molecule has 1 fully saturated rings. The van der Waals surface area contributed by atoms with Crippen molar-refractivity contribution in [2.45, 2.75) is 38.1 Å². The highest BCUT2D eigenvalue weighted by atomic mass is 15.2. The van der Waals surface area contributed by atoms with Gasteiger partial charge in [0.25, 0.3) is 0 Å². The van der Waals surface area contributed by atoms with Crippen molar-refractivity contribution in [3.05, 3.63) is 35.4 Å². The van der Waals surface area contributed by atoms with Gasteiger partial charge in [-0.15, -0.1) is 0 Å². The zero-order valence-corrected chi connectivity index (χ0v) is 12.0. The third-order valence-corrected chi connectivity index (χ3v) is 4.27. The van der Waals surface area contributed by atoms with Crippen LogP contribution in [0.3, 0.4) is 0 Å². The highest BCUT2D eigenvalue weighted by Gasteiger charge is 2.32. The van der Waals surface area contributed by atoms with E-state index in [4.69, 9.17) is 0 Å². The number of benzene rings is 1. The number of nitrogens with zero attached hydrogens (tertiary/aromatic N) is 1. The summed E-state index contributed by atoms with van der Waals surface area (Å²) in [5.74, 6) is 0. The van der Waals surface area contributed by atoms with E-state index in [0.29, 0.717) is 5.54 Å². The molecule has 1 saturated heterocycles. The Morgan fingerprint density at radius 1 is 1.39 bits per heavy atom. The lowest BCUT2D eigenvalue weighted by Crippen LogP contribution is -2.55. The summed E-state index contributed by atoms with van der Waals surface area (Å²) in [5, 5.41) is 3.59. The molecular formula is C16H26N2. The number of nitrogens with one attached hydrogen (secondary N) is 1. The zero-order chi connectivity index (χ0) is 13.0. The van der Waals surface area contributed by atoms with Crippen LogP contribution in [-0.4, -0.2) is 37.6 Å². The van der Waals surface area contributed by atoms with Crippen LogP contribution in [-0.2, 0) is 6.42 Å². The third kappa shape index (κ3) is 3.33. The van der Waals surface area contributed by atoms with Crippen LogP contribution in [0.2, 0.25) is 0 Å². The SMILES string of the molecule is CNC1(CCc2cccc(C)c2)CCCN(C)C1. The Morgan fingerprint density at radius 2 is 2.22 bits per heavy atom. The molecule has 1 N–H and O–H groups in total. The fourth-order valence-electron chi connectivity index (χ4n) is 3.15. The molecule has 1 heterocycles. The normalized spacial score (nSPS) is 25.3. The highest BCUT2D eigenvalue weighted by Crippen LogP contribution is 2.25. The van der Waals surface area contributed by atoms with Crippen molar-refractivity contribution in [3.8, 4) is 0 Å². The molecule has 0 amide bonds. The van der Waals surface area contributed by atoms with Gasteiger partial charge in [0.1, 0.15) is 0 Å². The highest BCUT2D eigenvalue weighted by molar-refractivity contribution is 5.22. The van der Waals surface area contributed by atoms with Crippen LogP contribution in [0.5, 0.6) is 0 Å². The Labute approximate surface area is 111 Å². The first-order chi connectivity index (χ1) is 8.63. The van der Waals surface area contributed by atoms with Gasteiger partial charge in [0.2, 0.25) is 0 Å². The summed E-state index contributed by atoms with van der Waals surface area (Å²) in [4.78, 5) is 2.45. The molecule has 1 aliphatic rings. The van der Waals surface area contributed by atoms with E-state index in [1.54, 1.807) is 0 Å². The van der Waals surface area contributed by atoms with Crippen LogP contribution >= 0.6 is 0 Å². The molecular weight excluding hydrogens is 220 g/mol. The Morgan fingerprint density at radius 3 is 2.89 bits per heavy atom. The Hall–Kier alpha value is -0.860. The molecule has 0 radical (unpaired) electrons. The molecule has 0 aliphatic carbocycles. The van der Waals surface area contributed by atoms with Gasteiger partial charge >= 0.3 is 0 Å². The first-order valence-corrected chi connectivity index (χ1v) is 7.07. The van der Waals surface area contributed by atoms with E-state index in [-0.39, 0.29) is 0 Å². The van der Waals surface area contributed by atoms with E-state index in [9.17, 15) is 0 Å². The van der Waals surface area contributed by atoms with Crippen LogP contribution in [0.25, 0.3) is 0 Å². The monoisotopic (exact) mass is 246 g/mol. The fraction of sp³-hybridized carbons (Fsp3) is 0.625. The van der Waals surface area contributed by atoms with Crippen molar-refractivity contribution >= 4 is 0 Å². The maximum absolute atomic E-state index is 3.59. The minimum absolute atomic E-state index is 0.316. The number of likely N-dealkylation sites (tertiary alicyclic amines) is 1. The molecule has 18 heavy (non-hydrogen) atoms. The van der Waals surface area contributed by atoms with Gasteiger partial charge in [-0.3, -0.25) is 0 Å². The van der Waals surface area contributed by atoms with Gasteiger partial charge in [0, 0.05) is 12.1 Å². The van der Waals surface area contributed by atoms with Crippen molar-refractivity contribution in [2.24, 2.45) is 0 Å². The molecule has 1 atom stereocenters. The first kappa shape index (κ1) is 13.6. The molecule has 2 nitrogen and oxygen atoms in total. The minimum atomic E-state index is 0.316. The first-order valence-electron chi connectivity index (χ1n) is 7.07. The zero-order valence-electron chi connectivity index (χ0n) is 12.0. The fourth-order valence-corrected chi connectivity index (χ4v) is 3.15. The van der Waals surface area contributed by atoms with Gasteiger partial charge in [0.15, 0.2) is 0 Å². The average Bonchev–Trinajstić information content (AvgIpc) is 2.37.